The van der Waals surface area contributed by atoms with E-state index in [1.165, 1.54) is 25.3 Å². The van der Waals surface area contributed by atoms with Gasteiger partial charge >= 0.3 is 150 Å². The number of carbonyl (C=O) groups excluding carboxylic acids is 1. The minimum absolute atomic E-state index is 0.00593. The van der Waals surface area contributed by atoms with Crippen LogP contribution in [0.5, 0.6) is 5.88 Å². The molecule has 8 nitrogen and oxygen atoms in total. The molecular formula is C13H13ClN4O4SSe. The molecule has 11 heteroatoms. The van der Waals surface area contributed by atoms with Crippen molar-refractivity contribution in [3.8, 4) is 5.88 Å². The summed E-state index contributed by atoms with van der Waals surface area (Å²) in [5, 5.41) is 2.28. The van der Waals surface area contributed by atoms with Crippen molar-refractivity contribution in [1.29, 1.82) is 0 Å². The van der Waals surface area contributed by atoms with Crippen LogP contribution in [0.25, 0.3) is 0 Å². The molecule has 2 N–H and O–H groups in total. The molecule has 0 saturated heterocycles. The van der Waals surface area contributed by atoms with E-state index in [0.29, 0.717) is 4.59 Å². The molecule has 0 spiro atoms. The number of aromatic nitrogens is 2. The Morgan fingerprint density at radius 2 is 2.00 bits per heavy atom. The summed E-state index contributed by atoms with van der Waals surface area (Å²) in [5.74, 6) is 2.15. The van der Waals surface area contributed by atoms with E-state index < -0.39 is 16.1 Å². The van der Waals surface area contributed by atoms with E-state index in [-0.39, 0.29) is 36.7 Å². The van der Waals surface area contributed by atoms with Crippen molar-refractivity contribution in [3.05, 3.63) is 35.4 Å². The van der Waals surface area contributed by atoms with Gasteiger partial charge in [-0.05, 0) is 0 Å². The number of amides is 2. The number of nitrogens with zero attached hydrogens (tertiary/aromatic N) is 2. The number of hydrogen-bond donors (Lipinski definition) is 2. The topological polar surface area (TPSA) is 110 Å². The van der Waals surface area contributed by atoms with Gasteiger partial charge in [0.1, 0.15) is 0 Å². The summed E-state index contributed by atoms with van der Waals surface area (Å²) < 4.78 is 31.9. The van der Waals surface area contributed by atoms with Crippen molar-refractivity contribution >= 4 is 53.2 Å². The predicted octanol–water partition coefficient (Wildman–Crippen LogP) is 1.03. The third kappa shape index (κ3) is 4.57. The van der Waals surface area contributed by atoms with Crippen molar-refractivity contribution < 1.29 is 17.9 Å². The van der Waals surface area contributed by atoms with Gasteiger partial charge in [0.15, 0.2) is 0 Å². The first-order valence-electron chi connectivity index (χ1n) is 6.41. The molecule has 0 radical (unpaired) electrons. The number of urea groups is 1. The van der Waals surface area contributed by atoms with Gasteiger partial charge in [0.05, 0.1) is 0 Å². The maximum atomic E-state index is 12.2. The van der Waals surface area contributed by atoms with Crippen LogP contribution in [0.3, 0.4) is 0 Å². The molecule has 0 atom stereocenters. The Labute approximate surface area is 150 Å². The summed E-state index contributed by atoms with van der Waals surface area (Å²) in [5.41, 5.74) is 0. The Morgan fingerprint density at radius 3 is 2.62 bits per heavy atom. The zero-order valence-corrected chi connectivity index (χ0v) is 15.9. The molecular weight excluding hydrogens is 423 g/mol. The number of benzene rings is 1. The molecule has 2 amide bonds. The molecule has 0 saturated carbocycles. The molecule has 0 aliphatic carbocycles. The monoisotopic (exact) mass is 436 g/mol. The van der Waals surface area contributed by atoms with Gasteiger partial charge in [-0.2, -0.15) is 0 Å². The molecule has 1 aromatic heterocycles. The number of ether oxygens (including phenoxy) is 1. The molecule has 2 aromatic rings. The number of halogens is 1. The average Bonchev–Trinajstić information content (AvgIpc) is 2.53. The first kappa shape index (κ1) is 18.5. The van der Waals surface area contributed by atoms with Gasteiger partial charge in [0, 0.05) is 0 Å². The third-order valence-electron chi connectivity index (χ3n) is 2.68. The number of sulfonamides is 1. The molecule has 128 valence electrons. The van der Waals surface area contributed by atoms with E-state index in [1.54, 1.807) is 12.1 Å². The van der Waals surface area contributed by atoms with E-state index in [0.717, 1.165) is 0 Å². The molecule has 2 rings (SSSR count). The predicted molar refractivity (Wildman–Crippen MR) is 90.6 cm³/mol. The normalized spacial score (nSPS) is 11.0. The number of anilines is 1. The van der Waals surface area contributed by atoms with E-state index >= 15 is 0 Å². The van der Waals surface area contributed by atoms with Crippen LogP contribution in [-0.4, -0.2) is 46.5 Å². The summed E-state index contributed by atoms with van der Waals surface area (Å²) in [7, 11) is -2.69. The molecule has 0 aliphatic heterocycles. The number of methoxy groups -OCH3 is 1. The molecule has 24 heavy (non-hydrogen) atoms. The van der Waals surface area contributed by atoms with Gasteiger partial charge in [0.25, 0.3) is 0 Å². The first-order valence-corrected chi connectivity index (χ1v) is 10.8. The van der Waals surface area contributed by atoms with Crippen molar-refractivity contribution in [2.45, 2.75) is 10.7 Å². The van der Waals surface area contributed by atoms with Gasteiger partial charge in [-0.1, -0.05) is 0 Å². The Bertz CT molecular complexity index is 841. The fourth-order valence-electron chi connectivity index (χ4n) is 1.64. The molecule has 0 aliphatic rings. The second kappa shape index (κ2) is 7.80. The second-order valence-corrected chi connectivity index (χ2v) is 8.06. The van der Waals surface area contributed by atoms with Gasteiger partial charge in [-0.25, -0.2) is 0 Å². The minimum atomic E-state index is -4.12. The SMILES string of the molecule is COc1cc([Se]C)nc(NC(=O)NS(=O)(=O)c2ccccc2Cl)n1. The zero-order chi connectivity index (χ0) is 17.7. The first-order chi connectivity index (χ1) is 11.4. The second-order valence-electron chi connectivity index (χ2n) is 4.27. The van der Waals surface area contributed by atoms with Crippen molar-refractivity contribution in [2.24, 2.45) is 0 Å². The van der Waals surface area contributed by atoms with Crippen LogP contribution in [-0.2, 0) is 10.0 Å². The summed E-state index contributed by atoms with van der Waals surface area (Å²) in [6, 6.07) is 6.42. The number of hydrogen-bond acceptors (Lipinski definition) is 6. The van der Waals surface area contributed by atoms with E-state index in [2.05, 4.69) is 15.3 Å². The summed E-state index contributed by atoms with van der Waals surface area (Å²) in [6.07, 6.45) is 0. The van der Waals surface area contributed by atoms with Crippen LogP contribution in [0.4, 0.5) is 10.7 Å². The fourth-order valence-corrected chi connectivity index (χ4v) is 3.90. The zero-order valence-electron chi connectivity index (χ0n) is 12.6. The Morgan fingerprint density at radius 1 is 1.29 bits per heavy atom. The van der Waals surface area contributed by atoms with Gasteiger partial charge in [-0.15, -0.1) is 0 Å². The summed E-state index contributed by atoms with van der Waals surface area (Å²) in [4.78, 5) is 19.8. The number of nitrogens with one attached hydrogen (secondary N) is 2. The van der Waals surface area contributed by atoms with Crippen molar-refractivity contribution in [1.82, 2.24) is 14.7 Å². The average molecular weight is 436 g/mol. The van der Waals surface area contributed by atoms with Crippen molar-refractivity contribution in [3.63, 3.8) is 0 Å². The maximum absolute atomic E-state index is 12.2. The van der Waals surface area contributed by atoms with E-state index in [1.807, 2.05) is 10.5 Å². The standard InChI is InChI=1S/C13H13ClN4O4SSe/c1-22-10-7-11(24-2)16-12(15-10)17-13(19)18-23(20,21)9-6-4-3-5-8(9)14/h3-7H,1-2H3,(H2,15,16,17,18,19). The quantitative estimate of drug-likeness (QED) is 0.679. The van der Waals surface area contributed by atoms with Crippen LogP contribution in [0.2, 0.25) is 10.8 Å². The molecule has 1 heterocycles. The number of rotatable bonds is 5. The van der Waals surface area contributed by atoms with Crippen LogP contribution in [0, 0.1) is 0 Å². The molecule has 1 aromatic carbocycles. The fraction of sp³-hybridized carbons (Fsp3) is 0.154. The molecule has 0 bridgehead atoms. The van der Waals surface area contributed by atoms with Crippen LogP contribution >= 0.6 is 11.6 Å². The Balaban J connectivity index is 2.18. The van der Waals surface area contributed by atoms with Crippen LogP contribution < -0.4 is 19.4 Å². The van der Waals surface area contributed by atoms with Gasteiger partial charge in [0.2, 0.25) is 0 Å². The Kier molecular flexibility index (Phi) is 6.00. The summed E-state index contributed by atoms with van der Waals surface area (Å²) in [6.45, 7) is 0. The summed E-state index contributed by atoms with van der Waals surface area (Å²) >= 11 is 5.89. The molecule has 0 unspecified atom stereocenters. The van der Waals surface area contributed by atoms with Gasteiger partial charge < -0.3 is 0 Å². The van der Waals surface area contributed by atoms with Crippen LogP contribution in [0.1, 0.15) is 0 Å². The van der Waals surface area contributed by atoms with E-state index in [9.17, 15) is 13.2 Å². The number of carbonyl (C=O) groups is 1. The van der Waals surface area contributed by atoms with Crippen LogP contribution in [0.15, 0.2) is 35.2 Å². The van der Waals surface area contributed by atoms with Crippen molar-refractivity contribution in [2.75, 3.05) is 12.4 Å². The third-order valence-corrected chi connectivity index (χ3v) is 5.82. The van der Waals surface area contributed by atoms with Gasteiger partial charge in [-0.3, -0.25) is 0 Å². The van der Waals surface area contributed by atoms with E-state index in [4.69, 9.17) is 16.3 Å². The Hall–Kier alpha value is -1.87. The molecule has 0 fully saturated rings.